The number of sulfone groups is 1. The van der Waals surface area contributed by atoms with Crippen LogP contribution in [-0.4, -0.2) is 19.3 Å². The number of benzene rings is 2. The van der Waals surface area contributed by atoms with Crippen LogP contribution in [-0.2, 0) is 28.4 Å². The second-order valence-corrected chi connectivity index (χ2v) is 10.9. The molecular weight excluding hydrogens is 456 g/mol. The first kappa shape index (κ1) is 21.6. The second kappa shape index (κ2) is 8.96. The van der Waals surface area contributed by atoms with E-state index in [9.17, 15) is 13.2 Å². The van der Waals surface area contributed by atoms with Gasteiger partial charge >= 0.3 is 0 Å². The summed E-state index contributed by atoms with van der Waals surface area (Å²) in [5.41, 5.74) is 4.92. The molecule has 1 N–H and O–H groups in total. The number of fused-ring (bicyclic) bond motifs is 1. The largest absolute Gasteiger partial charge is 0.459 e. The van der Waals surface area contributed by atoms with Gasteiger partial charge in [0.2, 0.25) is 0 Å². The molecule has 33 heavy (non-hydrogen) atoms. The van der Waals surface area contributed by atoms with E-state index in [2.05, 4.69) is 28.5 Å². The summed E-state index contributed by atoms with van der Waals surface area (Å²) in [7, 11) is -3.60. The lowest BCUT2D eigenvalue weighted by Crippen LogP contribution is -2.14. The predicted octanol–water partition coefficient (Wildman–Crippen LogP) is 5.51. The lowest BCUT2D eigenvalue weighted by atomic mass is 9.90. The zero-order chi connectivity index (χ0) is 22.8. The number of anilines is 1. The Hall–Kier alpha value is -3.23. The number of amides is 1. The van der Waals surface area contributed by atoms with Crippen molar-refractivity contribution in [2.45, 2.75) is 36.3 Å². The first-order valence-electron chi connectivity index (χ1n) is 10.7. The summed E-state index contributed by atoms with van der Waals surface area (Å²) in [6.45, 7) is 0. The molecular formula is C25H22N2O4S2. The van der Waals surface area contributed by atoms with Gasteiger partial charge in [-0.1, -0.05) is 30.3 Å². The van der Waals surface area contributed by atoms with Crippen molar-refractivity contribution >= 4 is 32.2 Å². The summed E-state index contributed by atoms with van der Waals surface area (Å²) >= 11 is 1.32. The van der Waals surface area contributed by atoms with E-state index in [1.807, 2.05) is 5.38 Å². The maximum Gasteiger partial charge on any atom is 0.293 e. The van der Waals surface area contributed by atoms with Crippen molar-refractivity contribution in [1.29, 1.82) is 0 Å². The highest BCUT2D eigenvalue weighted by atomic mass is 32.2. The number of hydrogen-bond acceptors (Lipinski definition) is 6. The smallest absolute Gasteiger partial charge is 0.293 e. The highest BCUT2D eigenvalue weighted by molar-refractivity contribution is 7.90. The number of nitrogens with one attached hydrogen (secondary N) is 1. The molecule has 0 bridgehead atoms. The third kappa shape index (κ3) is 4.62. The van der Waals surface area contributed by atoms with Crippen LogP contribution in [0, 0.1) is 0 Å². The van der Waals surface area contributed by atoms with Crippen LogP contribution in [0.15, 0.2) is 75.6 Å². The van der Waals surface area contributed by atoms with E-state index in [-0.39, 0.29) is 16.4 Å². The van der Waals surface area contributed by atoms with Crippen LogP contribution >= 0.6 is 11.3 Å². The molecule has 2 heterocycles. The van der Waals surface area contributed by atoms with Crippen molar-refractivity contribution in [3.63, 3.8) is 0 Å². The molecule has 1 aliphatic rings. The molecule has 0 saturated carbocycles. The molecule has 0 fully saturated rings. The number of rotatable bonds is 6. The molecule has 8 heteroatoms. The zero-order valence-electron chi connectivity index (χ0n) is 17.8. The monoisotopic (exact) mass is 478 g/mol. The van der Waals surface area contributed by atoms with Crippen molar-refractivity contribution in [1.82, 2.24) is 4.98 Å². The van der Waals surface area contributed by atoms with Crippen LogP contribution < -0.4 is 5.32 Å². The molecule has 0 saturated heterocycles. The van der Waals surface area contributed by atoms with Crippen molar-refractivity contribution in [3.05, 3.63) is 88.7 Å². The van der Waals surface area contributed by atoms with E-state index in [1.165, 1.54) is 59.8 Å². The third-order valence-corrected chi connectivity index (χ3v) is 8.21. The number of hydrogen-bond donors (Lipinski definition) is 1. The molecule has 2 aromatic carbocycles. The van der Waals surface area contributed by atoms with Crippen molar-refractivity contribution < 1.29 is 17.6 Å². The lowest BCUT2D eigenvalue weighted by Gasteiger charge is -2.16. The van der Waals surface area contributed by atoms with Gasteiger partial charge < -0.3 is 4.42 Å². The number of carbonyl (C=O) groups is 1. The number of aryl methyl sites for hydroxylation is 2. The van der Waals surface area contributed by atoms with E-state index in [0.29, 0.717) is 10.7 Å². The summed E-state index contributed by atoms with van der Waals surface area (Å²) in [4.78, 5) is 17.6. The molecule has 6 nitrogen and oxygen atoms in total. The molecule has 5 rings (SSSR count). The van der Waals surface area contributed by atoms with Crippen LogP contribution in [0.5, 0.6) is 0 Å². The number of furan rings is 1. The molecule has 0 atom stereocenters. The van der Waals surface area contributed by atoms with Crippen LogP contribution in [0.4, 0.5) is 5.13 Å². The van der Waals surface area contributed by atoms with Crippen molar-refractivity contribution in [2.75, 3.05) is 5.32 Å². The van der Waals surface area contributed by atoms with E-state index in [4.69, 9.17) is 4.42 Å². The van der Waals surface area contributed by atoms with Crippen molar-refractivity contribution in [2.24, 2.45) is 0 Å². The van der Waals surface area contributed by atoms with Gasteiger partial charge in [-0.15, -0.1) is 11.3 Å². The fourth-order valence-corrected chi connectivity index (χ4v) is 6.16. The Kier molecular flexibility index (Phi) is 5.86. The average Bonchev–Trinajstić information content (AvgIpc) is 3.49. The summed E-state index contributed by atoms with van der Waals surface area (Å²) < 4.78 is 30.8. The predicted molar refractivity (Wildman–Crippen MR) is 128 cm³/mol. The average molecular weight is 479 g/mol. The van der Waals surface area contributed by atoms with Gasteiger partial charge in [0, 0.05) is 16.5 Å². The van der Waals surface area contributed by atoms with Crippen LogP contribution in [0.25, 0.3) is 11.3 Å². The summed E-state index contributed by atoms with van der Waals surface area (Å²) in [5, 5.41) is 5.08. The van der Waals surface area contributed by atoms with Gasteiger partial charge in [0.15, 0.2) is 20.7 Å². The molecule has 168 valence electrons. The quantitative estimate of drug-likeness (QED) is 0.395. The van der Waals surface area contributed by atoms with Crippen LogP contribution in [0.2, 0.25) is 0 Å². The van der Waals surface area contributed by atoms with E-state index >= 15 is 0 Å². The second-order valence-electron chi connectivity index (χ2n) is 8.03. The highest BCUT2D eigenvalue weighted by Gasteiger charge is 2.23. The Morgan fingerprint density at radius 2 is 1.82 bits per heavy atom. The SMILES string of the molecule is O=C(Nc1nc(-c2ccc3c(c2)CCCC3)cs1)c1occc1CS(=O)(=O)c1ccccc1. The molecule has 0 aliphatic heterocycles. The molecule has 1 amide bonds. The van der Waals surface area contributed by atoms with Gasteiger partial charge in [-0.25, -0.2) is 13.4 Å². The van der Waals surface area contributed by atoms with Gasteiger partial charge in [-0.3, -0.25) is 10.1 Å². The fraction of sp³-hybridized carbons (Fsp3) is 0.200. The number of carbonyl (C=O) groups excluding carboxylic acids is 1. The normalized spacial score (nSPS) is 13.5. The Morgan fingerprint density at radius 1 is 1.03 bits per heavy atom. The zero-order valence-corrected chi connectivity index (χ0v) is 19.4. The molecule has 1 aliphatic carbocycles. The summed E-state index contributed by atoms with van der Waals surface area (Å²) in [6, 6.07) is 16.1. The van der Waals surface area contributed by atoms with Crippen LogP contribution in [0.1, 0.15) is 40.1 Å². The van der Waals surface area contributed by atoms with Gasteiger partial charge in [0.1, 0.15) is 0 Å². The molecule has 4 aromatic rings. The number of aromatic nitrogens is 1. The van der Waals surface area contributed by atoms with E-state index < -0.39 is 15.7 Å². The lowest BCUT2D eigenvalue weighted by molar-refractivity contribution is 0.0995. The Balaban J connectivity index is 1.32. The van der Waals surface area contributed by atoms with Gasteiger partial charge in [-0.05, 0) is 61.1 Å². The van der Waals surface area contributed by atoms with Gasteiger partial charge in [0.25, 0.3) is 5.91 Å². The topological polar surface area (TPSA) is 89.3 Å². The minimum Gasteiger partial charge on any atom is -0.459 e. The van der Waals surface area contributed by atoms with Crippen molar-refractivity contribution in [3.8, 4) is 11.3 Å². The third-order valence-electron chi connectivity index (χ3n) is 5.77. The molecule has 0 unspecified atom stereocenters. The summed E-state index contributed by atoms with van der Waals surface area (Å²) in [5.74, 6) is -0.876. The maximum atomic E-state index is 12.8. The maximum absolute atomic E-state index is 12.8. The standard InChI is InChI=1S/C25H22N2O4S2/c28-24(23-20(12-13-31-23)16-33(29,30)21-8-2-1-3-9-21)27-25-26-22(15-32-25)19-11-10-17-6-4-5-7-18(17)14-19/h1-3,8-15H,4-7,16H2,(H,26,27,28). The Labute approximate surface area is 196 Å². The number of thiazole rings is 1. The summed E-state index contributed by atoms with van der Waals surface area (Å²) in [6.07, 6.45) is 5.98. The van der Waals surface area contributed by atoms with E-state index in [0.717, 1.165) is 24.1 Å². The molecule has 2 aromatic heterocycles. The Bertz CT molecular complexity index is 1410. The first-order chi connectivity index (χ1) is 16.0. The molecule has 0 radical (unpaired) electrons. The van der Waals surface area contributed by atoms with E-state index in [1.54, 1.807) is 18.2 Å². The minimum atomic E-state index is -3.60. The van der Waals surface area contributed by atoms with Crippen LogP contribution in [0.3, 0.4) is 0 Å². The number of nitrogens with zero attached hydrogens (tertiary/aromatic N) is 1. The van der Waals surface area contributed by atoms with Gasteiger partial charge in [-0.2, -0.15) is 0 Å². The Morgan fingerprint density at radius 3 is 2.64 bits per heavy atom. The fourth-order valence-electron chi connectivity index (χ4n) is 4.07. The minimum absolute atomic E-state index is 0.0277. The molecule has 0 spiro atoms. The first-order valence-corrected chi connectivity index (χ1v) is 13.3. The highest BCUT2D eigenvalue weighted by Crippen LogP contribution is 2.30. The van der Waals surface area contributed by atoms with Gasteiger partial charge in [0.05, 0.1) is 22.6 Å².